The van der Waals surface area contributed by atoms with Crippen LogP contribution in [0.1, 0.15) is 39.0 Å². The van der Waals surface area contributed by atoms with Crippen molar-refractivity contribution in [1.82, 2.24) is 4.90 Å². The second-order valence-electron chi connectivity index (χ2n) is 10.2. The van der Waals surface area contributed by atoms with Crippen molar-refractivity contribution in [2.24, 2.45) is 23.2 Å². The molecular formula is C25H33ClN2O2. The van der Waals surface area contributed by atoms with Gasteiger partial charge in [0.2, 0.25) is 0 Å². The molecule has 30 heavy (non-hydrogen) atoms. The number of fused-ring (bicyclic) bond motifs is 2. The molecule has 0 aromatic heterocycles. The summed E-state index contributed by atoms with van der Waals surface area (Å²) in [4.78, 5) is 17.7. The average molecular weight is 429 g/mol. The molecule has 1 aromatic rings. The summed E-state index contributed by atoms with van der Waals surface area (Å²) < 4.78 is 5.95. The summed E-state index contributed by atoms with van der Waals surface area (Å²) in [5, 5.41) is 0.774. The Bertz CT molecular complexity index is 817. The molecule has 2 saturated carbocycles. The summed E-state index contributed by atoms with van der Waals surface area (Å²) in [6.07, 6.45) is 5.86. The summed E-state index contributed by atoms with van der Waals surface area (Å²) in [5.41, 5.74) is 2.91. The van der Waals surface area contributed by atoms with Crippen molar-refractivity contribution in [3.05, 3.63) is 41.4 Å². The Balaban J connectivity index is 1.22. The molecule has 162 valence electrons. The fraction of sp³-hybridized carbons (Fsp3) is 0.640. The summed E-state index contributed by atoms with van der Waals surface area (Å²) in [6.45, 7) is 11.6. The second kappa shape index (κ2) is 7.87. The first-order valence-electron chi connectivity index (χ1n) is 11.5. The van der Waals surface area contributed by atoms with Crippen LogP contribution in [0.2, 0.25) is 5.02 Å². The number of anilines is 1. The number of hydrogen-bond acceptors (Lipinski definition) is 4. The molecule has 0 radical (unpaired) electrons. The van der Waals surface area contributed by atoms with Gasteiger partial charge in [-0.15, -0.1) is 0 Å². The number of hydrogen-bond donors (Lipinski definition) is 0. The van der Waals surface area contributed by atoms with Crippen molar-refractivity contribution in [3.8, 4) is 0 Å². The number of carbonyl (C=O) groups excluding carboxylic acids is 1. The van der Waals surface area contributed by atoms with Crippen molar-refractivity contribution in [1.29, 1.82) is 0 Å². The van der Waals surface area contributed by atoms with Gasteiger partial charge in [0.25, 0.3) is 0 Å². The molecule has 2 saturated heterocycles. The molecule has 0 bridgehead atoms. The zero-order chi connectivity index (χ0) is 20.9. The van der Waals surface area contributed by atoms with Crippen LogP contribution < -0.4 is 4.90 Å². The van der Waals surface area contributed by atoms with Gasteiger partial charge in [-0.25, -0.2) is 0 Å². The Morgan fingerprint density at radius 2 is 1.93 bits per heavy atom. The molecule has 0 spiro atoms. The highest BCUT2D eigenvalue weighted by atomic mass is 35.5. The smallest absolute Gasteiger partial charge is 0.310 e. The normalized spacial score (nSPS) is 36.9. The van der Waals surface area contributed by atoms with Crippen molar-refractivity contribution in [2.45, 2.75) is 45.1 Å². The number of allylic oxidation sites excluding steroid dienone is 1. The Morgan fingerprint density at radius 3 is 2.67 bits per heavy atom. The molecule has 2 aliphatic carbocycles. The maximum atomic E-state index is 12.8. The van der Waals surface area contributed by atoms with E-state index in [0.717, 1.165) is 57.0 Å². The fourth-order valence-electron chi connectivity index (χ4n) is 6.58. The molecule has 5 heteroatoms. The van der Waals surface area contributed by atoms with Crippen LogP contribution in [0, 0.1) is 23.2 Å². The average Bonchev–Trinajstić information content (AvgIpc) is 3.01. The quantitative estimate of drug-likeness (QED) is 0.512. The third-order valence-electron chi connectivity index (χ3n) is 8.34. The molecule has 2 aliphatic heterocycles. The van der Waals surface area contributed by atoms with E-state index in [1.807, 2.05) is 12.1 Å². The van der Waals surface area contributed by atoms with E-state index >= 15 is 0 Å². The standard InChI is InChI=1S/C25H33ClN2O2/c1-17-4-3-9-25(2)15-23-20(14-22(17)25)21(24(29)30-23)16-27-10-12-28(13-11-27)19-7-5-18(26)6-8-19/h5-8,20-23H,1,3-4,9-16H2,2H3/t20-,21-,22-,23+,25+/m0/s1. The minimum Gasteiger partial charge on any atom is -0.462 e. The Morgan fingerprint density at radius 1 is 1.20 bits per heavy atom. The van der Waals surface area contributed by atoms with Gasteiger partial charge in [0.15, 0.2) is 0 Å². The first-order valence-corrected chi connectivity index (χ1v) is 11.9. The van der Waals surface area contributed by atoms with Crippen LogP contribution in [-0.2, 0) is 9.53 Å². The van der Waals surface area contributed by atoms with Crippen LogP contribution in [-0.4, -0.2) is 49.7 Å². The molecule has 4 fully saturated rings. The third kappa shape index (κ3) is 3.67. The lowest BCUT2D eigenvalue weighted by Crippen LogP contribution is -2.50. The van der Waals surface area contributed by atoms with Gasteiger partial charge in [-0.1, -0.05) is 30.7 Å². The Kier molecular flexibility index (Phi) is 5.35. The van der Waals surface area contributed by atoms with Gasteiger partial charge >= 0.3 is 5.97 Å². The monoisotopic (exact) mass is 428 g/mol. The number of carbonyl (C=O) groups is 1. The first-order chi connectivity index (χ1) is 14.4. The molecule has 5 atom stereocenters. The van der Waals surface area contributed by atoms with E-state index < -0.39 is 0 Å². The topological polar surface area (TPSA) is 32.8 Å². The van der Waals surface area contributed by atoms with Gasteiger partial charge in [0.05, 0.1) is 5.92 Å². The summed E-state index contributed by atoms with van der Waals surface area (Å²) >= 11 is 6.02. The predicted octanol–water partition coefficient (Wildman–Crippen LogP) is 4.78. The molecule has 4 nitrogen and oxygen atoms in total. The van der Waals surface area contributed by atoms with E-state index in [-0.39, 0.29) is 23.4 Å². The summed E-state index contributed by atoms with van der Waals surface area (Å²) in [7, 11) is 0. The molecule has 5 rings (SSSR count). The van der Waals surface area contributed by atoms with Gasteiger partial charge in [0, 0.05) is 49.4 Å². The highest BCUT2D eigenvalue weighted by molar-refractivity contribution is 6.30. The number of piperazine rings is 1. The van der Waals surface area contributed by atoms with Crippen LogP contribution in [0.5, 0.6) is 0 Å². The predicted molar refractivity (Wildman–Crippen MR) is 121 cm³/mol. The third-order valence-corrected chi connectivity index (χ3v) is 8.59. The maximum Gasteiger partial charge on any atom is 0.310 e. The molecule has 1 aromatic carbocycles. The summed E-state index contributed by atoms with van der Waals surface area (Å²) in [6, 6.07) is 8.09. The van der Waals surface area contributed by atoms with E-state index in [4.69, 9.17) is 16.3 Å². The van der Waals surface area contributed by atoms with Crippen molar-refractivity contribution >= 4 is 23.3 Å². The van der Waals surface area contributed by atoms with Crippen LogP contribution in [0.3, 0.4) is 0 Å². The maximum absolute atomic E-state index is 12.8. The molecule has 0 N–H and O–H groups in total. The number of esters is 1. The molecule has 0 amide bonds. The second-order valence-corrected chi connectivity index (χ2v) is 10.6. The SMILES string of the molecule is C=C1CCC[C@]2(C)C[C@H]3OC(=O)[C@@H](CN4CCN(c5ccc(Cl)cc5)CC4)[C@@H]3C[C@@H]12. The van der Waals surface area contributed by atoms with Crippen LogP contribution in [0.15, 0.2) is 36.4 Å². The highest BCUT2D eigenvalue weighted by Gasteiger charge is 2.55. The molecular weight excluding hydrogens is 396 g/mol. The number of rotatable bonds is 3. The Hall–Kier alpha value is -1.52. The number of nitrogens with zero attached hydrogens (tertiary/aromatic N) is 2. The van der Waals surface area contributed by atoms with Crippen molar-refractivity contribution < 1.29 is 9.53 Å². The van der Waals surface area contributed by atoms with E-state index in [2.05, 4.69) is 35.4 Å². The van der Waals surface area contributed by atoms with Crippen LogP contribution >= 0.6 is 11.6 Å². The number of halogens is 1. The van der Waals surface area contributed by atoms with E-state index in [0.29, 0.717) is 11.8 Å². The lowest BCUT2D eigenvalue weighted by atomic mass is 9.55. The lowest BCUT2D eigenvalue weighted by molar-refractivity contribution is -0.146. The lowest BCUT2D eigenvalue weighted by Gasteiger charge is -2.50. The molecule has 4 aliphatic rings. The van der Waals surface area contributed by atoms with E-state index in [9.17, 15) is 4.79 Å². The minimum absolute atomic E-state index is 0.0244. The summed E-state index contributed by atoms with van der Waals surface area (Å²) in [5.74, 6) is 0.986. The van der Waals surface area contributed by atoms with Gasteiger partial charge in [-0.05, 0) is 67.7 Å². The number of benzene rings is 1. The van der Waals surface area contributed by atoms with Gasteiger partial charge in [-0.2, -0.15) is 0 Å². The van der Waals surface area contributed by atoms with Crippen molar-refractivity contribution in [2.75, 3.05) is 37.6 Å². The molecule has 2 heterocycles. The molecule has 0 unspecified atom stereocenters. The van der Waals surface area contributed by atoms with Crippen LogP contribution in [0.25, 0.3) is 0 Å². The number of ether oxygens (including phenoxy) is 1. The zero-order valence-electron chi connectivity index (χ0n) is 18.0. The van der Waals surface area contributed by atoms with Crippen molar-refractivity contribution in [3.63, 3.8) is 0 Å². The van der Waals surface area contributed by atoms with E-state index in [1.165, 1.54) is 24.1 Å². The first kappa shape index (κ1) is 20.4. The van der Waals surface area contributed by atoms with Gasteiger partial charge < -0.3 is 9.64 Å². The highest BCUT2D eigenvalue weighted by Crippen LogP contribution is 2.56. The van der Waals surface area contributed by atoms with Gasteiger partial charge in [-0.3, -0.25) is 9.69 Å². The van der Waals surface area contributed by atoms with Gasteiger partial charge in [0.1, 0.15) is 6.10 Å². The fourth-order valence-corrected chi connectivity index (χ4v) is 6.71. The van der Waals surface area contributed by atoms with E-state index in [1.54, 1.807) is 0 Å². The van der Waals surface area contributed by atoms with Crippen LogP contribution in [0.4, 0.5) is 5.69 Å². The Labute approximate surface area is 185 Å². The largest absolute Gasteiger partial charge is 0.462 e. The zero-order valence-corrected chi connectivity index (χ0v) is 18.7. The minimum atomic E-state index is 0.0244.